The lowest BCUT2D eigenvalue weighted by atomic mass is 9.85. The van der Waals surface area contributed by atoms with Crippen LogP contribution in [0.25, 0.3) is 0 Å². The molecular weight excluding hydrogens is 236 g/mol. The Balaban J connectivity index is 3.00. The van der Waals surface area contributed by atoms with Gasteiger partial charge in [-0.3, -0.25) is 14.4 Å². The third-order valence-electron chi connectivity index (χ3n) is 3.35. The first-order valence-electron chi connectivity index (χ1n) is 6.39. The Labute approximate surface area is 107 Å². The van der Waals surface area contributed by atoms with E-state index in [1.165, 1.54) is 0 Å². The molecule has 0 unspecified atom stereocenters. The number of hydrogen-bond donors (Lipinski definition) is 0. The van der Waals surface area contributed by atoms with Crippen molar-refractivity contribution in [1.82, 2.24) is 0 Å². The Bertz CT molecular complexity index is 329. The summed E-state index contributed by atoms with van der Waals surface area (Å²) in [7, 11) is 0. The van der Waals surface area contributed by atoms with E-state index in [1.54, 1.807) is 13.8 Å². The van der Waals surface area contributed by atoms with Crippen LogP contribution in [0.15, 0.2) is 0 Å². The number of carbonyl (C=O) groups excluding carboxylic acids is 3. The molecule has 1 aliphatic carbocycles. The van der Waals surface area contributed by atoms with Gasteiger partial charge in [0.2, 0.25) is 0 Å². The number of carbonyl (C=O) groups is 3. The molecule has 0 radical (unpaired) electrons. The standard InChI is InChI=1S/C13H20O5/c1-4-9-7-13(8-10(9)14,11(15)17-5-2)12(16)18-6-3/h9H,4-8H2,1-3H3/t9-/m0/s1. The Morgan fingerprint density at radius 2 is 1.67 bits per heavy atom. The number of rotatable bonds is 5. The number of esters is 2. The molecular formula is C13H20O5. The molecule has 0 saturated heterocycles. The van der Waals surface area contributed by atoms with Crippen LogP contribution in [0.3, 0.4) is 0 Å². The van der Waals surface area contributed by atoms with E-state index in [2.05, 4.69) is 0 Å². The van der Waals surface area contributed by atoms with Gasteiger partial charge in [0, 0.05) is 12.3 Å². The Morgan fingerprint density at radius 1 is 1.17 bits per heavy atom. The summed E-state index contributed by atoms with van der Waals surface area (Å²) in [5.41, 5.74) is -1.41. The second-order valence-corrected chi connectivity index (χ2v) is 4.48. The smallest absolute Gasteiger partial charge is 0.323 e. The minimum atomic E-state index is -1.41. The lowest BCUT2D eigenvalue weighted by molar-refractivity contribution is -0.172. The van der Waals surface area contributed by atoms with Crippen LogP contribution in [0.1, 0.15) is 40.0 Å². The number of ether oxygens (including phenoxy) is 2. The van der Waals surface area contributed by atoms with Crippen LogP contribution < -0.4 is 0 Å². The van der Waals surface area contributed by atoms with Crippen molar-refractivity contribution >= 4 is 17.7 Å². The first-order chi connectivity index (χ1) is 8.51. The van der Waals surface area contributed by atoms with Crippen LogP contribution in [0.4, 0.5) is 0 Å². The molecule has 1 rings (SSSR count). The predicted octanol–water partition coefficient (Wildman–Crippen LogP) is 1.49. The van der Waals surface area contributed by atoms with Gasteiger partial charge < -0.3 is 9.47 Å². The summed E-state index contributed by atoms with van der Waals surface area (Å²) in [6.07, 6.45) is 0.739. The molecule has 0 spiro atoms. The van der Waals surface area contributed by atoms with Crippen molar-refractivity contribution in [3.05, 3.63) is 0 Å². The summed E-state index contributed by atoms with van der Waals surface area (Å²) in [4.78, 5) is 35.9. The molecule has 102 valence electrons. The van der Waals surface area contributed by atoms with Gasteiger partial charge in [0.1, 0.15) is 5.78 Å². The van der Waals surface area contributed by atoms with Crippen molar-refractivity contribution in [2.45, 2.75) is 40.0 Å². The Morgan fingerprint density at radius 3 is 2.00 bits per heavy atom. The zero-order valence-electron chi connectivity index (χ0n) is 11.2. The average molecular weight is 256 g/mol. The van der Waals surface area contributed by atoms with Crippen molar-refractivity contribution < 1.29 is 23.9 Å². The van der Waals surface area contributed by atoms with Gasteiger partial charge in [-0.15, -0.1) is 0 Å². The second-order valence-electron chi connectivity index (χ2n) is 4.48. The van der Waals surface area contributed by atoms with Crippen molar-refractivity contribution in [2.24, 2.45) is 11.3 Å². The molecule has 5 nitrogen and oxygen atoms in total. The predicted molar refractivity (Wildman–Crippen MR) is 63.7 cm³/mol. The average Bonchev–Trinajstić information content (AvgIpc) is 2.68. The van der Waals surface area contributed by atoms with E-state index < -0.39 is 17.4 Å². The number of Topliss-reactive ketones (excluding diaryl/α,β-unsaturated/α-hetero) is 1. The molecule has 0 aliphatic heterocycles. The van der Waals surface area contributed by atoms with Gasteiger partial charge in [0.05, 0.1) is 13.2 Å². The Hall–Kier alpha value is -1.39. The van der Waals surface area contributed by atoms with Crippen molar-refractivity contribution in [3.8, 4) is 0 Å². The maximum Gasteiger partial charge on any atom is 0.323 e. The molecule has 0 amide bonds. The first-order valence-corrected chi connectivity index (χ1v) is 6.39. The maximum absolute atomic E-state index is 12.0. The largest absolute Gasteiger partial charge is 0.465 e. The zero-order valence-corrected chi connectivity index (χ0v) is 11.2. The number of ketones is 1. The summed E-state index contributed by atoms with van der Waals surface area (Å²) in [6.45, 7) is 5.58. The van der Waals surface area contributed by atoms with Crippen LogP contribution in [-0.2, 0) is 23.9 Å². The molecule has 18 heavy (non-hydrogen) atoms. The lowest BCUT2D eigenvalue weighted by Gasteiger charge is -2.23. The van der Waals surface area contributed by atoms with E-state index in [-0.39, 0.29) is 37.8 Å². The molecule has 5 heteroatoms. The van der Waals surface area contributed by atoms with Crippen molar-refractivity contribution in [2.75, 3.05) is 13.2 Å². The van der Waals surface area contributed by atoms with Gasteiger partial charge in [-0.05, 0) is 26.7 Å². The van der Waals surface area contributed by atoms with Crippen LogP contribution in [0.2, 0.25) is 0 Å². The first kappa shape index (κ1) is 14.7. The van der Waals surface area contributed by atoms with E-state index in [1.807, 2.05) is 6.92 Å². The highest BCUT2D eigenvalue weighted by atomic mass is 16.6. The van der Waals surface area contributed by atoms with E-state index in [0.29, 0.717) is 6.42 Å². The fourth-order valence-electron chi connectivity index (χ4n) is 2.35. The summed E-state index contributed by atoms with van der Waals surface area (Å²) >= 11 is 0. The van der Waals surface area contributed by atoms with Crippen molar-refractivity contribution in [1.29, 1.82) is 0 Å². The molecule has 0 heterocycles. The van der Waals surface area contributed by atoms with Gasteiger partial charge in [0.15, 0.2) is 5.41 Å². The fourth-order valence-corrected chi connectivity index (χ4v) is 2.35. The van der Waals surface area contributed by atoms with Crippen LogP contribution in [0, 0.1) is 11.3 Å². The highest BCUT2D eigenvalue weighted by Crippen LogP contribution is 2.43. The zero-order chi connectivity index (χ0) is 13.8. The van der Waals surface area contributed by atoms with E-state index >= 15 is 0 Å². The number of hydrogen-bond acceptors (Lipinski definition) is 5. The topological polar surface area (TPSA) is 69.7 Å². The van der Waals surface area contributed by atoms with Gasteiger partial charge in [-0.1, -0.05) is 6.92 Å². The second kappa shape index (κ2) is 5.98. The summed E-state index contributed by atoms with van der Waals surface area (Å²) < 4.78 is 9.89. The monoisotopic (exact) mass is 256 g/mol. The molecule has 0 bridgehead atoms. The molecule has 0 aromatic heterocycles. The quantitative estimate of drug-likeness (QED) is 0.550. The minimum Gasteiger partial charge on any atom is -0.465 e. The maximum atomic E-state index is 12.0. The van der Waals surface area contributed by atoms with E-state index in [0.717, 1.165) is 0 Å². The normalized spacial score (nSPS) is 21.7. The molecule has 1 aliphatic rings. The van der Waals surface area contributed by atoms with E-state index in [4.69, 9.17) is 9.47 Å². The molecule has 0 aromatic carbocycles. The SMILES string of the molecule is CCOC(=O)C1(C(=O)OCC)CC(=O)[C@@H](CC)C1. The van der Waals surface area contributed by atoms with Gasteiger partial charge in [-0.2, -0.15) is 0 Å². The summed E-state index contributed by atoms with van der Waals surface area (Å²) in [5.74, 6) is -1.57. The molecule has 1 fully saturated rings. The van der Waals surface area contributed by atoms with E-state index in [9.17, 15) is 14.4 Å². The Kier molecular flexibility index (Phi) is 4.87. The third-order valence-corrected chi connectivity index (χ3v) is 3.35. The fraction of sp³-hybridized carbons (Fsp3) is 0.769. The van der Waals surface area contributed by atoms with Gasteiger partial charge in [-0.25, -0.2) is 0 Å². The highest BCUT2D eigenvalue weighted by molar-refractivity contribution is 6.07. The van der Waals surface area contributed by atoms with Crippen LogP contribution in [-0.4, -0.2) is 30.9 Å². The molecule has 0 N–H and O–H groups in total. The summed E-state index contributed by atoms with van der Waals surface area (Å²) in [5, 5.41) is 0. The molecule has 1 atom stereocenters. The highest BCUT2D eigenvalue weighted by Gasteiger charge is 2.57. The minimum absolute atomic E-state index is 0.0568. The molecule has 0 aromatic rings. The van der Waals surface area contributed by atoms with Crippen LogP contribution >= 0.6 is 0 Å². The third kappa shape index (κ3) is 2.54. The molecule has 1 saturated carbocycles. The summed E-state index contributed by atoms with van der Waals surface area (Å²) in [6, 6.07) is 0. The van der Waals surface area contributed by atoms with Gasteiger partial charge in [0.25, 0.3) is 0 Å². The van der Waals surface area contributed by atoms with Gasteiger partial charge >= 0.3 is 11.9 Å². The van der Waals surface area contributed by atoms with Crippen LogP contribution in [0.5, 0.6) is 0 Å². The van der Waals surface area contributed by atoms with Crippen molar-refractivity contribution in [3.63, 3.8) is 0 Å². The lowest BCUT2D eigenvalue weighted by Crippen LogP contribution is -2.40.